The van der Waals surface area contributed by atoms with Gasteiger partial charge >= 0.3 is 12.0 Å². The van der Waals surface area contributed by atoms with E-state index in [1.165, 1.54) is 4.90 Å². The Morgan fingerprint density at radius 2 is 2.05 bits per heavy atom. The summed E-state index contributed by atoms with van der Waals surface area (Å²) in [6.07, 6.45) is -0.0689. The van der Waals surface area contributed by atoms with Crippen LogP contribution in [0.25, 0.3) is 0 Å². The number of hydrogen-bond donors (Lipinski definition) is 2. The number of hydrogen-bond acceptors (Lipinski definition) is 2. The number of aliphatic carboxylic acids is 1. The van der Waals surface area contributed by atoms with Crippen molar-refractivity contribution >= 4 is 33.6 Å². The smallest absolute Gasteiger partial charge is 0.322 e. The lowest BCUT2D eigenvalue weighted by Crippen LogP contribution is -2.41. The molecule has 0 unspecified atom stereocenters. The van der Waals surface area contributed by atoms with Crippen LogP contribution in [0.2, 0.25) is 0 Å². The Labute approximate surface area is 127 Å². The van der Waals surface area contributed by atoms with Crippen LogP contribution in [0.1, 0.15) is 25.8 Å². The molecule has 0 radical (unpaired) electrons. The van der Waals surface area contributed by atoms with Crippen LogP contribution in [0.3, 0.4) is 0 Å². The second-order valence-corrected chi connectivity index (χ2v) is 5.59. The lowest BCUT2D eigenvalue weighted by Gasteiger charge is -2.26. The molecule has 0 heterocycles. The molecular weight excluding hydrogens is 324 g/mol. The minimum absolute atomic E-state index is 0.0689. The van der Waals surface area contributed by atoms with Gasteiger partial charge in [0, 0.05) is 17.1 Å². The molecular formula is C14H19BrN2O3. The van der Waals surface area contributed by atoms with Crippen LogP contribution in [0.4, 0.5) is 10.5 Å². The summed E-state index contributed by atoms with van der Waals surface area (Å²) in [6.45, 7) is 5.83. The van der Waals surface area contributed by atoms with Gasteiger partial charge in [-0.3, -0.25) is 4.79 Å². The highest BCUT2D eigenvalue weighted by molar-refractivity contribution is 9.10. The molecule has 2 amide bonds. The molecule has 5 nitrogen and oxygen atoms in total. The van der Waals surface area contributed by atoms with Gasteiger partial charge in [-0.25, -0.2) is 4.79 Å². The lowest BCUT2D eigenvalue weighted by molar-refractivity contribution is -0.137. The van der Waals surface area contributed by atoms with E-state index in [1.54, 1.807) is 6.07 Å². The highest BCUT2D eigenvalue weighted by Gasteiger charge is 2.18. The summed E-state index contributed by atoms with van der Waals surface area (Å²) in [5, 5.41) is 11.5. The second kappa shape index (κ2) is 7.28. The monoisotopic (exact) mass is 342 g/mol. The van der Waals surface area contributed by atoms with Crippen molar-refractivity contribution in [2.45, 2.75) is 33.2 Å². The predicted octanol–water partition coefficient (Wildman–Crippen LogP) is 3.47. The zero-order chi connectivity index (χ0) is 15.3. The van der Waals surface area contributed by atoms with Crippen LogP contribution < -0.4 is 5.32 Å². The van der Waals surface area contributed by atoms with Crippen molar-refractivity contribution < 1.29 is 14.7 Å². The molecule has 2 N–H and O–H groups in total. The fraction of sp³-hybridized carbons (Fsp3) is 0.429. The van der Waals surface area contributed by atoms with Crippen molar-refractivity contribution in [2.75, 3.05) is 11.9 Å². The largest absolute Gasteiger partial charge is 0.481 e. The summed E-state index contributed by atoms with van der Waals surface area (Å²) in [4.78, 5) is 24.4. The van der Waals surface area contributed by atoms with Crippen molar-refractivity contribution in [3.05, 3.63) is 28.2 Å². The van der Waals surface area contributed by atoms with Crippen LogP contribution in [0.5, 0.6) is 0 Å². The minimum Gasteiger partial charge on any atom is -0.481 e. The molecule has 1 aromatic carbocycles. The Hall–Kier alpha value is -1.56. The molecule has 20 heavy (non-hydrogen) atoms. The Morgan fingerprint density at radius 3 is 2.60 bits per heavy atom. The van der Waals surface area contributed by atoms with Gasteiger partial charge in [0.2, 0.25) is 0 Å². The first kappa shape index (κ1) is 16.5. The fourth-order valence-corrected chi connectivity index (χ4v) is 2.10. The average molecular weight is 343 g/mol. The number of benzene rings is 1. The van der Waals surface area contributed by atoms with Gasteiger partial charge in [0.25, 0.3) is 0 Å². The highest BCUT2D eigenvalue weighted by Crippen LogP contribution is 2.26. The third-order valence-corrected chi connectivity index (χ3v) is 3.94. The Balaban J connectivity index is 2.80. The van der Waals surface area contributed by atoms with Crippen LogP contribution in [0.15, 0.2) is 22.7 Å². The topological polar surface area (TPSA) is 69.6 Å². The average Bonchev–Trinajstić information content (AvgIpc) is 2.34. The van der Waals surface area contributed by atoms with Gasteiger partial charge < -0.3 is 15.3 Å². The molecule has 6 heteroatoms. The second-order valence-electron chi connectivity index (χ2n) is 4.80. The van der Waals surface area contributed by atoms with Gasteiger partial charge in [0.05, 0.1) is 12.1 Å². The molecule has 0 aliphatic rings. The number of carbonyl (C=O) groups excluding carboxylic acids is 1. The molecule has 0 aliphatic heterocycles. The van der Waals surface area contributed by atoms with E-state index >= 15 is 0 Å². The van der Waals surface area contributed by atoms with Crippen molar-refractivity contribution in [1.29, 1.82) is 0 Å². The Kier molecular flexibility index (Phi) is 6.01. The van der Waals surface area contributed by atoms with E-state index in [4.69, 9.17) is 5.11 Å². The van der Waals surface area contributed by atoms with Gasteiger partial charge in [-0.05, 0) is 48.3 Å². The van der Waals surface area contributed by atoms with E-state index in [2.05, 4.69) is 21.2 Å². The summed E-state index contributed by atoms with van der Waals surface area (Å²) < 4.78 is 0.829. The van der Waals surface area contributed by atoms with Gasteiger partial charge in [-0.15, -0.1) is 0 Å². The van der Waals surface area contributed by atoms with Crippen LogP contribution in [0, 0.1) is 6.92 Å². The molecule has 1 aromatic rings. The van der Waals surface area contributed by atoms with E-state index in [1.807, 2.05) is 32.9 Å². The zero-order valence-corrected chi connectivity index (χ0v) is 13.4. The first-order chi connectivity index (χ1) is 9.32. The number of nitrogens with zero attached hydrogens (tertiary/aromatic N) is 1. The molecule has 0 saturated heterocycles. The number of amides is 2. The quantitative estimate of drug-likeness (QED) is 0.860. The van der Waals surface area contributed by atoms with Crippen molar-refractivity contribution in [1.82, 2.24) is 4.90 Å². The van der Waals surface area contributed by atoms with Crippen molar-refractivity contribution in [3.8, 4) is 0 Å². The van der Waals surface area contributed by atoms with E-state index in [0.29, 0.717) is 5.69 Å². The Bertz CT molecular complexity index is 503. The summed E-state index contributed by atoms with van der Waals surface area (Å²) in [5.74, 6) is -0.916. The SMILES string of the molecule is Cc1cccc(NC(=O)N(CCC(=O)O)C(C)C)c1Br. The van der Waals surface area contributed by atoms with E-state index in [0.717, 1.165) is 10.0 Å². The third kappa shape index (κ3) is 4.52. The number of urea groups is 1. The maximum absolute atomic E-state index is 12.2. The normalized spacial score (nSPS) is 10.4. The number of aryl methyl sites for hydroxylation is 1. The molecule has 110 valence electrons. The molecule has 0 atom stereocenters. The van der Waals surface area contributed by atoms with Crippen LogP contribution in [-0.4, -0.2) is 34.6 Å². The summed E-state index contributed by atoms with van der Waals surface area (Å²) >= 11 is 3.43. The van der Waals surface area contributed by atoms with Gasteiger partial charge in [0.15, 0.2) is 0 Å². The maximum atomic E-state index is 12.2. The molecule has 0 aliphatic carbocycles. The standard InChI is InChI=1S/C14H19BrN2O3/c1-9(2)17(8-7-12(18)19)14(20)16-11-6-4-5-10(3)13(11)15/h4-6,9H,7-8H2,1-3H3,(H,16,20)(H,18,19). The first-order valence-corrected chi connectivity index (χ1v) is 7.16. The summed E-state index contributed by atoms with van der Waals surface area (Å²) in [5.41, 5.74) is 1.69. The third-order valence-electron chi connectivity index (χ3n) is 2.88. The number of carbonyl (C=O) groups is 2. The first-order valence-electron chi connectivity index (χ1n) is 6.37. The van der Waals surface area contributed by atoms with Crippen molar-refractivity contribution in [2.24, 2.45) is 0 Å². The van der Waals surface area contributed by atoms with Crippen LogP contribution >= 0.6 is 15.9 Å². The number of halogens is 1. The molecule has 1 rings (SSSR count). The van der Waals surface area contributed by atoms with E-state index in [-0.39, 0.29) is 25.0 Å². The molecule has 0 fully saturated rings. The van der Waals surface area contributed by atoms with Crippen LogP contribution in [-0.2, 0) is 4.79 Å². The summed E-state index contributed by atoms with van der Waals surface area (Å²) in [7, 11) is 0. The van der Waals surface area contributed by atoms with Gasteiger partial charge in [0.1, 0.15) is 0 Å². The zero-order valence-electron chi connectivity index (χ0n) is 11.8. The molecule has 0 bridgehead atoms. The molecule has 0 saturated carbocycles. The fourth-order valence-electron chi connectivity index (χ4n) is 1.74. The van der Waals surface area contributed by atoms with E-state index in [9.17, 15) is 9.59 Å². The number of carboxylic acid groups (broad SMARTS) is 1. The maximum Gasteiger partial charge on any atom is 0.322 e. The van der Waals surface area contributed by atoms with Gasteiger partial charge in [-0.1, -0.05) is 12.1 Å². The van der Waals surface area contributed by atoms with Gasteiger partial charge in [-0.2, -0.15) is 0 Å². The molecule has 0 spiro atoms. The predicted molar refractivity (Wildman–Crippen MR) is 82.0 cm³/mol. The number of anilines is 1. The van der Waals surface area contributed by atoms with E-state index < -0.39 is 5.97 Å². The summed E-state index contributed by atoms with van der Waals surface area (Å²) in [6, 6.07) is 5.22. The number of rotatable bonds is 5. The minimum atomic E-state index is -0.916. The molecule has 0 aromatic heterocycles. The lowest BCUT2D eigenvalue weighted by atomic mass is 10.2. The Morgan fingerprint density at radius 1 is 1.40 bits per heavy atom. The van der Waals surface area contributed by atoms with Crippen molar-refractivity contribution in [3.63, 3.8) is 0 Å². The number of carboxylic acids is 1. The number of nitrogens with one attached hydrogen (secondary N) is 1. The highest BCUT2D eigenvalue weighted by atomic mass is 79.9.